The lowest BCUT2D eigenvalue weighted by atomic mass is 10.1. The lowest BCUT2D eigenvalue weighted by Gasteiger charge is -2.02. The van der Waals surface area contributed by atoms with Crippen molar-refractivity contribution in [3.8, 4) is 5.75 Å². The molecule has 18 heavy (non-hydrogen) atoms. The zero-order valence-corrected chi connectivity index (χ0v) is 12.2. The Kier molecular flexibility index (Phi) is 7.59. The van der Waals surface area contributed by atoms with E-state index in [1.54, 1.807) is 7.11 Å². The van der Waals surface area contributed by atoms with Gasteiger partial charge in [-0.3, -0.25) is 0 Å². The van der Waals surface area contributed by atoms with E-state index in [1.165, 1.54) is 32.1 Å². The van der Waals surface area contributed by atoms with E-state index >= 15 is 0 Å². The van der Waals surface area contributed by atoms with Crippen molar-refractivity contribution in [3.05, 3.63) is 34.9 Å². The molecule has 1 rings (SSSR count). The van der Waals surface area contributed by atoms with Crippen molar-refractivity contribution in [2.24, 2.45) is 0 Å². The third-order valence-corrected chi connectivity index (χ3v) is 3.26. The lowest BCUT2D eigenvalue weighted by molar-refractivity contribution is 0.415. The van der Waals surface area contributed by atoms with Crippen LogP contribution < -0.4 is 4.74 Å². The van der Waals surface area contributed by atoms with Crippen LogP contribution in [-0.2, 0) is 0 Å². The zero-order valence-electron chi connectivity index (χ0n) is 11.4. The maximum atomic E-state index is 6.23. The molecule has 0 unspecified atom stereocenters. The number of benzene rings is 1. The van der Waals surface area contributed by atoms with Gasteiger partial charge < -0.3 is 4.74 Å². The number of unbranched alkanes of at least 4 members (excludes halogenated alkanes) is 4. The highest BCUT2D eigenvalue weighted by Crippen LogP contribution is 2.19. The van der Waals surface area contributed by atoms with Gasteiger partial charge in [-0.05, 0) is 36.6 Å². The first-order valence-corrected chi connectivity index (χ1v) is 7.14. The van der Waals surface area contributed by atoms with Crippen molar-refractivity contribution in [3.63, 3.8) is 0 Å². The van der Waals surface area contributed by atoms with E-state index in [9.17, 15) is 0 Å². The summed E-state index contributed by atoms with van der Waals surface area (Å²) in [5.74, 6) is 0.878. The predicted molar refractivity (Wildman–Crippen MR) is 80.2 cm³/mol. The normalized spacial score (nSPS) is 11.6. The molecule has 1 aromatic carbocycles. The summed E-state index contributed by atoms with van der Waals surface area (Å²) < 4.78 is 5.12. The summed E-state index contributed by atoms with van der Waals surface area (Å²) in [6.07, 6.45) is 9.43. The molecule has 0 radical (unpaired) electrons. The molecule has 0 aromatic heterocycles. The van der Waals surface area contributed by atoms with Crippen LogP contribution in [-0.4, -0.2) is 7.11 Å². The van der Waals surface area contributed by atoms with E-state index in [4.69, 9.17) is 16.3 Å². The molecule has 0 spiro atoms. The minimum Gasteiger partial charge on any atom is -0.497 e. The minimum absolute atomic E-state index is 0.878. The monoisotopic (exact) mass is 266 g/mol. The zero-order chi connectivity index (χ0) is 13.2. The second-order valence-electron chi connectivity index (χ2n) is 4.53. The summed E-state index contributed by atoms with van der Waals surface area (Å²) in [6.45, 7) is 2.23. The summed E-state index contributed by atoms with van der Waals surface area (Å²) in [5.41, 5.74) is 1.13. The van der Waals surface area contributed by atoms with Gasteiger partial charge in [0.25, 0.3) is 0 Å². The molecular weight excluding hydrogens is 244 g/mol. The third-order valence-electron chi connectivity index (χ3n) is 2.96. The Balaban J connectivity index is 2.35. The number of hydrogen-bond acceptors (Lipinski definition) is 1. The van der Waals surface area contributed by atoms with Gasteiger partial charge in [0, 0.05) is 5.03 Å². The lowest BCUT2D eigenvalue weighted by Crippen LogP contribution is -1.82. The van der Waals surface area contributed by atoms with E-state index < -0.39 is 0 Å². The van der Waals surface area contributed by atoms with Gasteiger partial charge in [-0.2, -0.15) is 0 Å². The fraction of sp³-hybridized carbons (Fsp3) is 0.500. The molecule has 0 saturated carbocycles. The van der Waals surface area contributed by atoms with Crippen molar-refractivity contribution in [2.75, 3.05) is 7.11 Å². The molecule has 0 aliphatic carbocycles. The van der Waals surface area contributed by atoms with Crippen LogP contribution in [0.1, 0.15) is 51.0 Å². The molecule has 0 bridgehead atoms. The molecule has 0 atom stereocenters. The number of halogens is 1. The molecule has 1 aromatic rings. The van der Waals surface area contributed by atoms with Gasteiger partial charge in [0.05, 0.1) is 7.11 Å². The van der Waals surface area contributed by atoms with Crippen LogP contribution in [0, 0.1) is 0 Å². The van der Waals surface area contributed by atoms with Crippen LogP contribution in [0.4, 0.5) is 0 Å². The van der Waals surface area contributed by atoms with Crippen LogP contribution in [0.25, 0.3) is 6.08 Å². The second kappa shape index (κ2) is 9.04. The van der Waals surface area contributed by atoms with Crippen molar-refractivity contribution in [2.45, 2.75) is 45.4 Å². The van der Waals surface area contributed by atoms with Gasteiger partial charge in [-0.25, -0.2) is 0 Å². The van der Waals surface area contributed by atoms with Crippen LogP contribution in [0.3, 0.4) is 0 Å². The van der Waals surface area contributed by atoms with Gasteiger partial charge in [0.15, 0.2) is 0 Å². The van der Waals surface area contributed by atoms with Crippen molar-refractivity contribution in [1.29, 1.82) is 0 Å². The molecule has 2 heteroatoms. The van der Waals surface area contributed by atoms with Gasteiger partial charge in [0.2, 0.25) is 0 Å². The van der Waals surface area contributed by atoms with Gasteiger partial charge >= 0.3 is 0 Å². The number of rotatable bonds is 8. The highest BCUT2D eigenvalue weighted by atomic mass is 35.5. The Hall–Kier alpha value is -0.950. The molecule has 0 amide bonds. The Bertz CT molecular complexity index is 354. The maximum absolute atomic E-state index is 6.23. The van der Waals surface area contributed by atoms with E-state index in [1.807, 2.05) is 30.3 Å². The van der Waals surface area contributed by atoms with Gasteiger partial charge in [-0.15, -0.1) is 0 Å². The molecule has 0 heterocycles. The first-order valence-electron chi connectivity index (χ1n) is 6.76. The first-order chi connectivity index (χ1) is 8.76. The van der Waals surface area contributed by atoms with Gasteiger partial charge in [0.1, 0.15) is 5.75 Å². The third kappa shape index (κ3) is 6.11. The molecule has 0 fully saturated rings. The molecule has 100 valence electrons. The Morgan fingerprint density at radius 3 is 2.39 bits per heavy atom. The largest absolute Gasteiger partial charge is 0.497 e. The summed E-state index contributed by atoms with van der Waals surface area (Å²) in [5, 5.41) is 0.941. The highest BCUT2D eigenvalue weighted by Gasteiger charge is 1.96. The van der Waals surface area contributed by atoms with Crippen molar-refractivity contribution >= 4 is 17.7 Å². The fourth-order valence-corrected chi connectivity index (χ4v) is 2.11. The predicted octanol–water partition coefficient (Wildman–Crippen LogP) is 5.64. The molecule has 1 nitrogen and oxygen atoms in total. The fourth-order valence-electron chi connectivity index (χ4n) is 1.85. The molecule has 0 N–H and O–H groups in total. The Morgan fingerprint density at radius 2 is 1.78 bits per heavy atom. The van der Waals surface area contributed by atoms with E-state index in [-0.39, 0.29) is 0 Å². The quantitative estimate of drug-likeness (QED) is 0.554. The van der Waals surface area contributed by atoms with Crippen molar-refractivity contribution in [1.82, 2.24) is 0 Å². The van der Waals surface area contributed by atoms with Crippen LogP contribution in [0.2, 0.25) is 0 Å². The standard InChI is InChI=1S/C16H23ClO/c1-3-4-5-6-7-8-15(17)13-14-9-11-16(18-2)12-10-14/h9-13H,3-8H2,1-2H3/b15-13-. The number of allylic oxidation sites excluding steroid dienone is 1. The van der Waals surface area contributed by atoms with Crippen LogP contribution in [0.5, 0.6) is 5.75 Å². The summed E-state index contributed by atoms with van der Waals surface area (Å²) >= 11 is 6.23. The van der Waals surface area contributed by atoms with E-state index in [2.05, 4.69) is 6.92 Å². The topological polar surface area (TPSA) is 9.23 Å². The van der Waals surface area contributed by atoms with E-state index in [0.29, 0.717) is 0 Å². The van der Waals surface area contributed by atoms with Crippen molar-refractivity contribution < 1.29 is 4.74 Å². The molecular formula is C16H23ClO. The molecule has 0 aliphatic rings. The SMILES string of the molecule is CCCCCCC/C(Cl)=C/c1ccc(OC)cc1. The Labute approximate surface area is 116 Å². The molecule has 0 saturated heterocycles. The van der Waals surface area contributed by atoms with Gasteiger partial charge in [-0.1, -0.05) is 56.3 Å². The summed E-state index contributed by atoms with van der Waals surface area (Å²) in [4.78, 5) is 0. The summed E-state index contributed by atoms with van der Waals surface area (Å²) in [7, 11) is 1.67. The molecule has 0 aliphatic heterocycles. The second-order valence-corrected chi connectivity index (χ2v) is 5.01. The van der Waals surface area contributed by atoms with Crippen LogP contribution >= 0.6 is 11.6 Å². The maximum Gasteiger partial charge on any atom is 0.118 e. The first kappa shape index (κ1) is 15.1. The highest BCUT2D eigenvalue weighted by molar-refractivity contribution is 6.31. The minimum atomic E-state index is 0.878. The summed E-state index contributed by atoms with van der Waals surface area (Å²) in [6, 6.07) is 7.96. The van der Waals surface area contributed by atoms with Crippen LogP contribution in [0.15, 0.2) is 29.3 Å². The smallest absolute Gasteiger partial charge is 0.118 e. The van der Waals surface area contributed by atoms with E-state index in [0.717, 1.165) is 22.8 Å². The average molecular weight is 267 g/mol. The number of hydrogen-bond donors (Lipinski definition) is 0. The number of methoxy groups -OCH3 is 1. The average Bonchev–Trinajstić information content (AvgIpc) is 2.39. The number of ether oxygens (including phenoxy) is 1. The Morgan fingerprint density at radius 1 is 1.11 bits per heavy atom.